The number of benzene rings is 1. The zero-order valence-corrected chi connectivity index (χ0v) is 12.3. The van der Waals surface area contributed by atoms with Crippen molar-refractivity contribution in [2.24, 2.45) is 5.92 Å². The van der Waals surface area contributed by atoms with E-state index in [0.717, 1.165) is 25.7 Å². The van der Waals surface area contributed by atoms with Crippen LogP contribution in [0.5, 0.6) is 0 Å². The van der Waals surface area contributed by atoms with Gasteiger partial charge in [-0.2, -0.15) is 0 Å². The Hall–Kier alpha value is -0.730. The lowest BCUT2D eigenvalue weighted by atomic mass is 9.98. The molecular weight excluding hydrogens is 269 g/mol. The fourth-order valence-electron chi connectivity index (χ4n) is 1.81. The van der Waals surface area contributed by atoms with E-state index in [9.17, 15) is 4.79 Å². The number of nitrogens with one attached hydrogen (secondary N) is 1. The third-order valence-electron chi connectivity index (χ3n) is 2.98. The molecular formula is C14H19Cl2NO. The molecule has 100 valence electrons. The molecule has 1 aromatic rings. The summed E-state index contributed by atoms with van der Waals surface area (Å²) < 4.78 is 0. The number of halogens is 2. The molecule has 1 aromatic carbocycles. The molecule has 0 saturated carbocycles. The van der Waals surface area contributed by atoms with Crippen LogP contribution >= 0.6 is 23.2 Å². The summed E-state index contributed by atoms with van der Waals surface area (Å²) in [6, 6.07) is 5.20. The van der Waals surface area contributed by atoms with Gasteiger partial charge < -0.3 is 5.32 Å². The average Bonchev–Trinajstić information content (AvgIpc) is 2.35. The summed E-state index contributed by atoms with van der Waals surface area (Å²) in [5.74, 6) is 0.0261. The second-order valence-electron chi connectivity index (χ2n) is 4.33. The maximum Gasteiger partial charge on any atom is 0.227 e. The Labute approximate surface area is 119 Å². The van der Waals surface area contributed by atoms with Gasteiger partial charge in [-0.15, -0.1) is 0 Å². The molecule has 2 nitrogen and oxygen atoms in total. The summed E-state index contributed by atoms with van der Waals surface area (Å²) in [4.78, 5) is 12.1. The highest BCUT2D eigenvalue weighted by atomic mass is 35.5. The van der Waals surface area contributed by atoms with Gasteiger partial charge in [0.25, 0.3) is 0 Å². The first kappa shape index (κ1) is 15.3. The van der Waals surface area contributed by atoms with E-state index in [2.05, 4.69) is 12.2 Å². The summed E-state index contributed by atoms with van der Waals surface area (Å²) in [6.45, 7) is 4.14. The van der Waals surface area contributed by atoms with Crippen LogP contribution < -0.4 is 5.32 Å². The Kier molecular flexibility index (Phi) is 6.51. The molecule has 0 aliphatic rings. The van der Waals surface area contributed by atoms with Crippen LogP contribution in [0.1, 0.15) is 39.5 Å². The minimum Gasteiger partial charge on any atom is -0.323 e. The second-order valence-corrected chi connectivity index (χ2v) is 5.15. The van der Waals surface area contributed by atoms with Crippen molar-refractivity contribution >= 4 is 34.8 Å². The van der Waals surface area contributed by atoms with Crippen LogP contribution in [-0.2, 0) is 4.79 Å². The van der Waals surface area contributed by atoms with Gasteiger partial charge in [-0.3, -0.25) is 4.79 Å². The predicted molar refractivity (Wildman–Crippen MR) is 78.4 cm³/mol. The molecule has 1 atom stereocenters. The van der Waals surface area contributed by atoms with Crippen LogP contribution in [0.2, 0.25) is 10.0 Å². The topological polar surface area (TPSA) is 29.1 Å². The zero-order valence-electron chi connectivity index (χ0n) is 10.8. The number of hydrogen-bond acceptors (Lipinski definition) is 1. The first-order valence-corrected chi connectivity index (χ1v) is 7.10. The Morgan fingerprint density at radius 3 is 2.39 bits per heavy atom. The van der Waals surface area contributed by atoms with Crippen LogP contribution in [0.15, 0.2) is 18.2 Å². The van der Waals surface area contributed by atoms with Gasteiger partial charge in [0, 0.05) is 5.92 Å². The maximum atomic E-state index is 12.1. The van der Waals surface area contributed by atoms with E-state index in [1.54, 1.807) is 18.2 Å². The molecule has 0 aromatic heterocycles. The van der Waals surface area contributed by atoms with Gasteiger partial charge >= 0.3 is 0 Å². The van der Waals surface area contributed by atoms with Crippen molar-refractivity contribution in [3.8, 4) is 0 Å². The number of carbonyl (C=O) groups excluding carboxylic acids is 1. The Balaban J connectivity index is 2.73. The molecule has 1 N–H and O–H groups in total. The molecule has 0 spiro atoms. The molecule has 1 amide bonds. The number of anilines is 1. The number of unbranched alkanes of at least 4 members (excludes halogenated alkanes) is 1. The predicted octanol–water partition coefficient (Wildman–Crippen LogP) is 5.15. The minimum atomic E-state index is 0.000880. The fraction of sp³-hybridized carbons (Fsp3) is 0.500. The van der Waals surface area contributed by atoms with Crippen molar-refractivity contribution in [3.63, 3.8) is 0 Å². The van der Waals surface area contributed by atoms with Crippen molar-refractivity contribution < 1.29 is 4.79 Å². The van der Waals surface area contributed by atoms with E-state index < -0.39 is 0 Å². The van der Waals surface area contributed by atoms with E-state index in [1.807, 2.05) is 6.92 Å². The highest BCUT2D eigenvalue weighted by molar-refractivity contribution is 6.39. The van der Waals surface area contributed by atoms with Gasteiger partial charge in [0.15, 0.2) is 0 Å². The van der Waals surface area contributed by atoms with Gasteiger partial charge in [-0.1, -0.05) is 56.0 Å². The lowest BCUT2D eigenvalue weighted by molar-refractivity contribution is -0.120. The maximum absolute atomic E-state index is 12.1. The molecule has 0 unspecified atom stereocenters. The fourth-order valence-corrected chi connectivity index (χ4v) is 2.31. The number of hydrogen-bond donors (Lipinski definition) is 1. The summed E-state index contributed by atoms with van der Waals surface area (Å²) in [5.41, 5.74) is 0.515. The first-order valence-electron chi connectivity index (χ1n) is 6.35. The van der Waals surface area contributed by atoms with Crippen LogP contribution in [-0.4, -0.2) is 5.91 Å². The van der Waals surface area contributed by atoms with Crippen LogP contribution in [0, 0.1) is 5.92 Å². The normalized spacial score (nSPS) is 12.2. The SMILES string of the molecule is CCCC[C@H](CC)C(=O)Nc1c(Cl)cccc1Cl. The highest BCUT2D eigenvalue weighted by Crippen LogP contribution is 2.30. The molecule has 0 fully saturated rings. The monoisotopic (exact) mass is 287 g/mol. The number of carbonyl (C=O) groups is 1. The van der Waals surface area contributed by atoms with E-state index in [1.165, 1.54) is 0 Å². The second kappa shape index (κ2) is 7.65. The molecule has 18 heavy (non-hydrogen) atoms. The summed E-state index contributed by atoms with van der Waals surface area (Å²) in [7, 11) is 0. The molecule has 0 saturated heterocycles. The lowest BCUT2D eigenvalue weighted by Gasteiger charge is -2.16. The molecule has 4 heteroatoms. The van der Waals surface area contributed by atoms with Crippen LogP contribution in [0.4, 0.5) is 5.69 Å². The van der Waals surface area contributed by atoms with Crippen molar-refractivity contribution in [3.05, 3.63) is 28.2 Å². The Bertz CT molecular complexity index is 387. The van der Waals surface area contributed by atoms with E-state index in [-0.39, 0.29) is 11.8 Å². The quantitative estimate of drug-likeness (QED) is 0.770. The smallest absolute Gasteiger partial charge is 0.227 e. The minimum absolute atomic E-state index is 0.000880. The van der Waals surface area contributed by atoms with Gasteiger partial charge in [0.1, 0.15) is 0 Å². The van der Waals surface area contributed by atoms with Gasteiger partial charge in [-0.05, 0) is 25.0 Å². The zero-order chi connectivity index (χ0) is 13.5. The number of rotatable bonds is 6. The Morgan fingerprint density at radius 2 is 1.89 bits per heavy atom. The molecule has 0 aliphatic carbocycles. The number of para-hydroxylation sites is 1. The van der Waals surface area contributed by atoms with Crippen molar-refractivity contribution in [2.75, 3.05) is 5.32 Å². The van der Waals surface area contributed by atoms with Gasteiger partial charge in [0.2, 0.25) is 5.91 Å². The molecule has 1 rings (SSSR count). The van der Waals surface area contributed by atoms with Crippen molar-refractivity contribution in [2.45, 2.75) is 39.5 Å². The average molecular weight is 288 g/mol. The molecule has 0 heterocycles. The largest absolute Gasteiger partial charge is 0.323 e. The first-order chi connectivity index (χ1) is 8.60. The molecule has 0 radical (unpaired) electrons. The van der Waals surface area contributed by atoms with Gasteiger partial charge in [-0.25, -0.2) is 0 Å². The van der Waals surface area contributed by atoms with Crippen molar-refractivity contribution in [1.82, 2.24) is 0 Å². The van der Waals surface area contributed by atoms with Gasteiger partial charge in [0.05, 0.1) is 15.7 Å². The van der Waals surface area contributed by atoms with Crippen LogP contribution in [0.3, 0.4) is 0 Å². The van der Waals surface area contributed by atoms with Crippen LogP contribution in [0.25, 0.3) is 0 Å². The van der Waals surface area contributed by atoms with Crippen molar-refractivity contribution in [1.29, 1.82) is 0 Å². The summed E-state index contributed by atoms with van der Waals surface area (Å²) in [6.07, 6.45) is 3.88. The highest BCUT2D eigenvalue weighted by Gasteiger charge is 2.18. The van der Waals surface area contributed by atoms with E-state index in [0.29, 0.717) is 15.7 Å². The number of amides is 1. The molecule has 0 aliphatic heterocycles. The third kappa shape index (κ3) is 4.18. The van der Waals surface area contributed by atoms with E-state index >= 15 is 0 Å². The summed E-state index contributed by atoms with van der Waals surface area (Å²) >= 11 is 12.1. The molecule has 0 bridgehead atoms. The Morgan fingerprint density at radius 1 is 1.28 bits per heavy atom. The summed E-state index contributed by atoms with van der Waals surface area (Å²) in [5, 5.41) is 3.78. The third-order valence-corrected chi connectivity index (χ3v) is 3.61. The lowest BCUT2D eigenvalue weighted by Crippen LogP contribution is -2.22. The van der Waals surface area contributed by atoms with E-state index in [4.69, 9.17) is 23.2 Å². The standard InChI is InChI=1S/C14H19Cl2NO/c1-3-5-7-10(4-2)14(18)17-13-11(15)8-6-9-12(13)16/h6,8-10H,3-5,7H2,1-2H3,(H,17,18)/t10-/m0/s1.